The van der Waals surface area contributed by atoms with Crippen molar-refractivity contribution in [3.63, 3.8) is 0 Å². The highest BCUT2D eigenvalue weighted by atomic mass is 16.7. The number of ether oxygens (including phenoxy) is 2. The zero-order valence-corrected chi connectivity index (χ0v) is 15.8. The summed E-state index contributed by atoms with van der Waals surface area (Å²) in [5.41, 5.74) is 1.11. The van der Waals surface area contributed by atoms with Crippen LogP contribution in [0.1, 0.15) is 52.5 Å². The largest absolute Gasteiger partial charge is 0.481 e. The number of carboxylic acid groups (broad SMARTS) is 1. The third kappa shape index (κ3) is 6.38. The van der Waals surface area contributed by atoms with E-state index in [1.807, 2.05) is 0 Å². The third-order valence-electron chi connectivity index (χ3n) is 3.74. The molecule has 0 aliphatic rings. The summed E-state index contributed by atoms with van der Waals surface area (Å²) >= 11 is 0. The van der Waals surface area contributed by atoms with Gasteiger partial charge in [0.1, 0.15) is 0 Å². The molecule has 7 nitrogen and oxygen atoms in total. The van der Waals surface area contributed by atoms with Gasteiger partial charge in [-0.3, -0.25) is 14.9 Å². The van der Waals surface area contributed by atoms with Gasteiger partial charge in [-0.25, -0.2) is 4.79 Å². The van der Waals surface area contributed by atoms with Gasteiger partial charge >= 0.3 is 18.0 Å². The minimum absolute atomic E-state index is 0.202. The zero-order chi connectivity index (χ0) is 19.9. The van der Waals surface area contributed by atoms with Crippen LogP contribution in [0.15, 0.2) is 24.3 Å². The molecule has 0 spiro atoms. The van der Waals surface area contributed by atoms with E-state index in [1.165, 1.54) is 0 Å². The molecular weight excluding hydrogens is 338 g/mol. The molecule has 1 rings (SSSR count). The second-order valence-corrected chi connectivity index (χ2v) is 6.66. The molecule has 0 aliphatic carbocycles. The van der Waals surface area contributed by atoms with Gasteiger partial charge in [0.25, 0.3) is 6.29 Å². The van der Waals surface area contributed by atoms with Crippen molar-refractivity contribution >= 4 is 23.7 Å². The average Bonchev–Trinajstić information content (AvgIpc) is 2.55. The fourth-order valence-electron chi connectivity index (χ4n) is 2.15. The lowest BCUT2D eigenvalue weighted by atomic mass is 9.96. The highest BCUT2D eigenvalue weighted by Crippen LogP contribution is 2.22. The van der Waals surface area contributed by atoms with E-state index in [4.69, 9.17) is 9.47 Å². The van der Waals surface area contributed by atoms with E-state index in [0.29, 0.717) is 17.7 Å². The summed E-state index contributed by atoms with van der Waals surface area (Å²) in [5.74, 6) is -2.45. The fraction of sp³-hybridized carbons (Fsp3) is 0.526. The Bertz CT molecular complexity index is 623. The molecule has 2 atom stereocenters. The minimum Gasteiger partial charge on any atom is -0.481 e. The molecule has 7 heteroatoms. The molecule has 0 bridgehead atoms. The summed E-state index contributed by atoms with van der Waals surface area (Å²) in [6.07, 6.45) is -1.26. The lowest BCUT2D eigenvalue weighted by Crippen LogP contribution is -2.32. The first kappa shape index (κ1) is 21.5. The van der Waals surface area contributed by atoms with E-state index < -0.39 is 30.2 Å². The predicted molar refractivity (Wildman–Crippen MR) is 96.8 cm³/mol. The van der Waals surface area contributed by atoms with Crippen LogP contribution in [0.3, 0.4) is 0 Å². The SMILES string of the molecule is CCC(C(=O)O)c1ccc(NC(=O)O[C@H](OC(=O)C(C)C)C(C)C)cc1. The van der Waals surface area contributed by atoms with Crippen molar-refractivity contribution in [1.29, 1.82) is 0 Å². The molecule has 0 aliphatic heterocycles. The summed E-state index contributed by atoms with van der Waals surface area (Å²) < 4.78 is 10.4. The minimum atomic E-state index is -0.986. The van der Waals surface area contributed by atoms with Gasteiger partial charge < -0.3 is 14.6 Å². The van der Waals surface area contributed by atoms with Crippen molar-refractivity contribution in [2.45, 2.75) is 53.2 Å². The van der Waals surface area contributed by atoms with Gasteiger partial charge in [-0.2, -0.15) is 0 Å². The standard InChI is InChI=1S/C19H27NO6/c1-6-15(16(21)22)13-7-9-14(10-8-13)20-19(24)26-18(12(4)5)25-17(23)11(2)3/h7-12,15,18H,6H2,1-5H3,(H,20,24)(H,21,22)/t15?,18-/m0/s1. The second kappa shape index (κ2) is 9.79. The van der Waals surface area contributed by atoms with Crippen LogP contribution < -0.4 is 5.32 Å². The second-order valence-electron chi connectivity index (χ2n) is 6.66. The highest BCUT2D eigenvalue weighted by Gasteiger charge is 2.24. The van der Waals surface area contributed by atoms with Gasteiger partial charge in [0.2, 0.25) is 0 Å². The third-order valence-corrected chi connectivity index (χ3v) is 3.74. The fourth-order valence-corrected chi connectivity index (χ4v) is 2.15. The molecule has 0 saturated heterocycles. The highest BCUT2D eigenvalue weighted by molar-refractivity contribution is 5.85. The summed E-state index contributed by atoms with van der Waals surface area (Å²) in [6, 6.07) is 6.51. The number of hydrogen-bond acceptors (Lipinski definition) is 5. The van der Waals surface area contributed by atoms with E-state index in [1.54, 1.807) is 58.9 Å². The van der Waals surface area contributed by atoms with Crippen LogP contribution in [0.4, 0.5) is 10.5 Å². The lowest BCUT2D eigenvalue weighted by Gasteiger charge is -2.22. The first-order chi connectivity index (χ1) is 12.1. The number of nitrogens with one attached hydrogen (secondary N) is 1. The number of amides is 1. The Morgan fingerprint density at radius 3 is 2.04 bits per heavy atom. The molecule has 144 valence electrons. The van der Waals surface area contributed by atoms with Crippen molar-refractivity contribution in [1.82, 2.24) is 0 Å². The summed E-state index contributed by atoms with van der Waals surface area (Å²) in [7, 11) is 0. The number of esters is 1. The number of carbonyl (C=O) groups is 3. The van der Waals surface area contributed by atoms with Gasteiger partial charge in [0, 0.05) is 11.6 Å². The van der Waals surface area contributed by atoms with Crippen LogP contribution in [-0.2, 0) is 19.1 Å². The molecule has 0 heterocycles. The maximum absolute atomic E-state index is 12.0. The number of anilines is 1. The van der Waals surface area contributed by atoms with E-state index >= 15 is 0 Å². The molecule has 0 aromatic heterocycles. The van der Waals surface area contributed by atoms with Crippen molar-refractivity contribution in [3.8, 4) is 0 Å². The van der Waals surface area contributed by atoms with Gasteiger partial charge in [0.05, 0.1) is 11.8 Å². The zero-order valence-electron chi connectivity index (χ0n) is 15.8. The van der Waals surface area contributed by atoms with Gasteiger partial charge in [0.15, 0.2) is 0 Å². The number of rotatable bonds is 8. The molecule has 0 radical (unpaired) electrons. The van der Waals surface area contributed by atoms with E-state index in [0.717, 1.165) is 0 Å². The van der Waals surface area contributed by atoms with E-state index in [-0.39, 0.29) is 11.8 Å². The van der Waals surface area contributed by atoms with E-state index in [9.17, 15) is 19.5 Å². The monoisotopic (exact) mass is 365 g/mol. The van der Waals surface area contributed by atoms with Crippen molar-refractivity contribution < 1.29 is 29.0 Å². The summed E-state index contributed by atoms with van der Waals surface area (Å²) in [6.45, 7) is 8.74. The van der Waals surface area contributed by atoms with Crippen LogP contribution in [0.2, 0.25) is 0 Å². The Morgan fingerprint density at radius 2 is 1.62 bits per heavy atom. The number of carbonyl (C=O) groups excluding carboxylic acids is 2. The Kier molecular flexibility index (Phi) is 8.09. The van der Waals surface area contributed by atoms with Crippen molar-refractivity contribution in [3.05, 3.63) is 29.8 Å². The number of benzene rings is 1. The molecule has 2 N–H and O–H groups in total. The quantitative estimate of drug-likeness (QED) is 0.533. The summed E-state index contributed by atoms with van der Waals surface area (Å²) in [4.78, 5) is 34.9. The molecule has 1 unspecified atom stereocenters. The maximum atomic E-state index is 12.0. The van der Waals surface area contributed by atoms with Crippen LogP contribution in [-0.4, -0.2) is 29.4 Å². The van der Waals surface area contributed by atoms with Crippen LogP contribution in [0.25, 0.3) is 0 Å². The molecule has 1 amide bonds. The Hall–Kier alpha value is -2.57. The average molecular weight is 365 g/mol. The van der Waals surface area contributed by atoms with Crippen LogP contribution in [0.5, 0.6) is 0 Å². The number of aliphatic carboxylic acids is 1. The van der Waals surface area contributed by atoms with E-state index in [2.05, 4.69) is 5.32 Å². The Balaban J connectivity index is 2.71. The van der Waals surface area contributed by atoms with Gasteiger partial charge in [-0.15, -0.1) is 0 Å². The topological polar surface area (TPSA) is 102 Å². The van der Waals surface area contributed by atoms with Crippen molar-refractivity contribution in [2.75, 3.05) is 5.32 Å². The predicted octanol–water partition coefficient (Wildman–Crippen LogP) is 3.99. The molecule has 0 fully saturated rings. The number of hydrogen-bond donors (Lipinski definition) is 2. The normalized spacial score (nSPS) is 13.2. The molecule has 0 saturated carbocycles. The number of carboxylic acids is 1. The lowest BCUT2D eigenvalue weighted by molar-refractivity contribution is -0.177. The van der Waals surface area contributed by atoms with Crippen LogP contribution >= 0.6 is 0 Å². The molecule has 1 aromatic rings. The van der Waals surface area contributed by atoms with Crippen LogP contribution in [0, 0.1) is 11.8 Å². The molecular formula is C19H27NO6. The first-order valence-corrected chi connectivity index (χ1v) is 8.66. The molecule has 26 heavy (non-hydrogen) atoms. The van der Waals surface area contributed by atoms with Crippen molar-refractivity contribution in [2.24, 2.45) is 11.8 Å². The van der Waals surface area contributed by atoms with Gasteiger partial charge in [-0.1, -0.05) is 46.8 Å². The Morgan fingerprint density at radius 1 is 1.04 bits per heavy atom. The molecule has 1 aromatic carbocycles. The van der Waals surface area contributed by atoms with Gasteiger partial charge in [-0.05, 0) is 24.1 Å². The smallest absolute Gasteiger partial charge is 0.414 e. The first-order valence-electron chi connectivity index (χ1n) is 8.66. The Labute approximate surface area is 153 Å². The maximum Gasteiger partial charge on any atom is 0.414 e. The summed E-state index contributed by atoms with van der Waals surface area (Å²) in [5, 5.41) is 11.7.